The molecule has 0 aromatic heterocycles. The smallest absolute Gasteiger partial charge is 0.241 e. The van der Waals surface area contributed by atoms with E-state index < -0.39 is 15.8 Å². The first-order valence-electron chi connectivity index (χ1n) is 6.57. The van der Waals surface area contributed by atoms with Crippen LogP contribution in [-0.2, 0) is 14.8 Å². The summed E-state index contributed by atoms with van der Waals surface area (Å²) in [4.78, 5) is -0.222. The van der Waals surface area contributed by atoms with Gasteiger partial charge in [0.15, 0.2) is 11.6 Å². The van der Waals surface area contributed by atoms with Crippen LogP contribution in [0.1, 0.15) is 19.3 Å². The Labute approximate surface area is 123 Å². The topological polar surface area (TPSA) is 90.7 Å². The highest BCUT2D eigenvalue weighted by Crippen LogP contribution is 2.29. The number of nitrogens with two attached hydrogens (primary N) is 1. The fraction of sp³-hybridized carbons (Fsp3) is 0.538. The third-order valence-corrected chi connectivity index (χ3v) is 5.09. The van der Waals surface area contributed by atoms with Crippen LogP contribution >= 0.6 is 0 Å². The summed E-state index contributed by atoms with van der Waals surface area (Å²) in [5.74, 6) is -0.975. The van der Waals surface area contributed by atoms with Crippen LogP contribution in [0.5, 0.6) is 5.75 Å². The Balaban J connectivity index is 2.28. The third kappa shape index (κ3) is 3.28. The Morgan fingerprint density at radius 1 is 1.33 bits per heavy atom. The third-order valence-electron chi connectivity index (χ3n) is 3.62. The van der Waals surface area contributed by atoms with Gasteiger partial charge in [0.05, 0.1) is 23.8 Å². The molecule has 118 valence electrons. The van der Waals surface area contributed by atoms with E-state index in [2.05, 4.69) is 4.72 Å². The molecule has 0 amide bonds. The van der Waals surface area contributed by atoms with E-state index in [0.717, 1.165) is 18.9 Å². The van der Waals surface area contributed by atoms with E-state index in [1.807, 2.05) is 0 Å². The average Bonchev–Trinajstić information content (AvgIpc) is 2.84. The molecule has 0 heterocycles. The highest BCUT2D eigenvalue weighted by Gasteiger charge is 2.31. The average molecular weight is 318 g/mol. The maximum Gasteiger partial charge on any atom is 0.241 e. The largest absolute Gasteiger partial charge is 0.492 e. The Morgan fingerprint density at radius 3 is 2.62 bits per heavy atom. The Kier molecular flexibility index (Phi) is 4.70. The molecule has 0 radical (unpaired) electrons. The van der Waals surface area contributed by atoms with Gasteiger partial charge in [-0.2, -0.15) is 0 Å². The second kappa shape index (κ2) is 6.17. The number of hydrogen-bond donors (Lipinski definition) is 2. The minimum atomic E-state index is -3.86. The summed E-state index contributed by atoms with van der Waals surface area (Å²) in [5, 5.41) is 0. The number of sulfonamides is 1. The van der Waals surface area contributed by atoms with E-state index in [-0.39, 0.29) is 28.5 Å². The van der Waals surface area contributed by atoms with Crippen molar-refractivity contribution in [1.82, 2.24) is 4.72 Å². The molecule has 3 N–H and O–H groups in total. The monoisotopic (exact) mass is 318 g/mol. The van der Waals surface area contributed by atoms with Gasteiger partial charge in [-0.15, -0.1) is 0 Å². The van der Waals surface area contributed by atoms with Crippen molar-refractivity contribution < 1.29 is 22.3 Å². The standard InChI is InChI=1S/C13H19FN2O4S/c1-19-12-5-3-4-11(12)16-21(17,18)8-6-9(14)13(20-2)10(15)7-8/h6-7,11-12,16H,3-5,15H2,1-2H3. The Morgan fingerprint density at radius 2 is 2.05 bits per heavy atom. The molecule has 2 unspecified atom stereocenters. The lowest BCUT2D eigenvalue weighted by molar-refractivity contribution is 0.0916. The highest BCUT2D eigenvalue weighted by atomic mass is 32.2. The lowest BCUT2D eigenvalue weighted by Crippen LogP contribution is -2.40. The lowest BCUT2D eigenvalue weighted by Gasteiger charge is -2.20. The minimum Gasteiger partial charge on any atom is -0.492 e. The summed E-state index contributed by atoms with van der Waals surface area (Å²) in [6.07, 6.45) is 2.19. The molecule has 0 saturated heterocycles. The van der Waals surface area contributed by atoms with Gasteiger partial charge in [-0.05, 0) is 31.4 Å². The van der Waals surface area contributed by atoms with E-state index in [0.29, 0.717) is 6.42 Å². The van der Waals surface area contributed by atoms with Crippen molar-refractivity contribution in [2.24, 2.45) is 0 Å². The zero-order valence-corrected chi connectivity index (χ0v) is 12.7. The van der Waals surface area contributed by atoms with Crippen molar-refractivity contribution >= 4 is 15.7 Å². The predicted molar refractivity (Wildman–Crippen MR) is 76.1 cm³/mol. The van der Waals surface area contributed by atoms with Gasteiger partial charge in [0, 0.05) is 13.2 Å². The van der Waals surface area contributed by atoms with Crippen molar-refractivity contribution in [3.63, 3.8) is 0 Å². The molecular formula is C13H19FN2O4S. The van der Waals surface area contributed by atoms with Crippen molar-refractivity contribution in [3.8, 4) is 5.75 Å². The highest BCUT2D eigenvalue weighted by molar-refractivity contribution is 7.89. The zero-order valence-electron chi connectivity index (χ0n) is 11.9. The predicted octanol–water partition coefficient (Wildman–Crippen LogP) is 1.26. The molecule has 1 fully saturated rings. The molecule has 2 rings (SSSR count). The fourth-order valence-electron chi connectivity index (χ4n) is 2.57. The van der Waals surface area contributed by atoms with Crippen LogP contribution in [0.15, 0.2) is 17.0 Å². The molecule has 2 atom stereocenters. The van der Waals surface area contributed by atoms with Crippen LogP contribution in [0.25, 0.3) is 0 Å². The van der Waals surface area contributed by atoms with E-state index in [9.17, 15) is 12.8 Å². The first-order valence-corrected chi connectivity index (χ1v) is 8.05. The first kappa shape index (κ1) is 16.0. The Hall–Kier alpha value is -1.38. The number of methoxy groups -OCH3 is 2. The number of rotatable bonds is 5. The van der Waals surface area contributed by atoms with Crippen molar-refractivity contribution in [2.75, 3.05) is 20.0 Å². The van der Waals surface area contributed by atoms with Gasteiger partial charge in [-0.1, -0.05) is 0 Å². The maximum absolute atomic E-state index is 13.8. The molecule has 1 aromatic carbocycles. The van der Waals surface area contributed by atoms with Crippen molar-refractivity contribution in [3.05, 3.63) is 17.9 Å². The summed E-state index contributed by atoms with van der Waals surface area (Å²) in [7, 11) is -1.05. The van der Waals surface area contributed by atoms with Gasteiger partial charge in [0.2, 0.25) is 10.0 Å². The van der Waals surface area contributed by atoms with E-state index in [4.69, 9.17) is 15.2 Å². The number of anilines is 1. The van der Waals surface area contributed by atoms with Gasteiger partial charge in [-0.3, -0.25) is 0 Å². The normalized spacial score (nSPS) is 22.4. The minimum absolute atomic E-state index is 0.0624. The zero-order chi connectivity index (χ0) is 15.6. The van der Waals surface area contributed by atoms with E-state index in [1.54, 1.807) is 7.11 Å². The van der Waals surface area contributed by atoms with Gasteiger partial charge in [0.25, 0.3) is 0 Å². The van der Waals surface area contributed by atoms with Gasteiger partial charge in [-0.25, -0.2) is 17.5 Å². The number of nitrogen functional groups attached to an aromatic ring is 1. The quantitative estimate of drug-likeness (QED) is 0.798. The SMILES string of the molecule is COc1c(N)cc(S(=O)(=O)NC2CCCC2OC)cc1F. The van der Waals surface area contributed by atoms with Crippen LogP contribution in [0, 0.1) is 5.82 Å². The van der Waals surface area contributed by atoms with Gasteiger partial charge < -0.3 is 15.2 Å². The summed E-state index contributed by atoms with van der Waals surface area (Å²) >= 11 is 0. The van der Waals surface area contributed by atoms with Crippen LogP contribution in [0.3, 0.4) is 0 Å². The van der Waals surface area contributed by atoms with Crippen molar-refractivity contribution in [1.29, 1.82) is 0 Å². The maximum atomic E-state index is 13.8. The van der Waals surface area contributed by atoms with Crippen molar-refractivity contribution in [2.45, 2.75) is 36.3 Å². The molecule has 21 heavy (non-hydrogen) atoms. The number of halogens is 1. The summed E-state index contributed by atoms with van der Waals surface area (Å²) in [5.41, 5.74) is 5.55. The molecule has 0 bridgehead atoms. The number of ether oxygens (including phenoxy) is 2. The lowest BCUT2D eigenvalue weighted by atomic mass is 10.2. The van der Waals surface area contributed by atoms with Crippen LogP contribution in [0.4, 0.5) is 10.1 Å². The van der Waals surface area contributed by atoms with Crippen LogP contribution in [-0.4, -0.2) is 34.8 Å². The van der Waals surface area contributed by atoms with E-state index >= 15 is 0 Å². The fourth-order valence-corrected chi connectivity index (χ4v) is 3.91. The number of hydrogen-bond acceptors (Lipinski definition) is 5. The number of benzene rings is 1. The molecule has 8 heteroatoms. The second-order valence-corrected chi connectivity index (χ2v) is 6.67. The summed E-state index contributed by atoms with van der Waals surface area (Å²) < 4.78 is 51.0. The van der Waals surface area contributed by atoms with Crippen LogP contribution in [0.2, 0.25) is 0 Å². The van der Waals surface area contributed by atoms with Gasteiger partial charge in [0.1, 0.15) is 0 Å². The molecule has 1 aromatic rings. The first-order chi connectivity index (χ1) is 9.89. The summed E-state index contributed by atoms with van der Waals surface area (Å²) in [6.45, 7) is 0. The summed E-state index contributed by atoms with van der Waals surface area (Å²) in [6, 6.07) is 1.77. The molecule has 1 aliphatic rings. The van der Waals surface area contributed by atoms with E-state index in [1.165, 1.54) is 13.2 Å². The molecule has 6 nitrogen and oxygen atoms in total. The second-order valence-electron chi connectivity index (χ2n) is 4.96. The Bertz CT molecular complexity index is 598. The van der Waals surface area contributed by atoms with Crippen LogP contribution < -0.4 is 15.2 Å². The molecular weight excluding hydrogens is 299 g/mol. The molecule has 0 aliphatic heterocycles. The molecule has 1 saturated carbocycles. The number of nitrogens with one attached hydrogen (secondary N) is 1. The molecule has 0 spiro atoms. The molecule has 1 aliphatic carbocycles. The van der Waals surface area contributed by atoms with Gasteiger partial charge >= 0.3 is 0 Å².